The van der Waals surface area contributed by atoms with E-state index in [1.807, 2.05) is 69.2 Å². The molecule has 0 amide bonds. The van der Waals surface area contributed by atoms with Crippen LogP contribution in [0.2, 0.25) is 0 Å². The lowest BCUT2D eigenvalue weighted by Crippen LogP contribution is -2.24. The van der Waals surface area contributed by atoms with Gasteiger partial charge < -0.3 is 67.4 Å². The molecule has 0 aliphatic rings. The fourth-order valence-corrected chi connectivity index (χ4v) is 5.27. The SMILES string of the molecule is C=CC(=O)OC(C)(C)C.CC(C)(C)OC(=O)CCOCCOCCN=[N+]=[N-].CC(C)(C)OC(=O)CCOCCOCCO.Cc1ccc(S(=O)(=O)OCCOCCOCCC(=O)OC(C)(C)C)cc1.OCCOCCO. The molecule has 76 heavy (non-hydrogen) atoms. The van der Waals surface area contributed by atoms with E-state index in [1.165, 1.54) is 12.1 Å². The molecule has 25 heteroatoms. The second-order valence-electron chi connectivity index (χ2n) is 19.2. The number of aliphatic hydroxyl groups excluding tert-OH is 3. The van der Waals surface area contributed by atoms with Crippen LogP contribution in [0.1, 0.15) is 108 Å². The summed E-state index contributed by atoms with van der Waals surface area (Å²) < 4.78 is 84.6. The second-order valence-corrected chi connectivity index (χ2v) is 20.9. The number of carbonyl (C=O) groups is 4. The summed E-state index contributed by atoms with van der Waals surface area (Å²) in [4.78, 5) is 47.2. The van der Waals surface area contributed by atoms with Crippen molar-refractivity contribution in [3.8, 4) is 0 Å². The smallest absolute Gasteiger partial charge is 0.330 e. The third kappa shape index (κ3) is 65.8. The van der Waals surface area contributed by atoms with Crippen LogP contribution in [0.25, 0.3) is 10.4 Å². The molecule has 1 rings (SSSR count). The number of ether oxygens (including phenoxy) is 11. The fourth-order valence-electron chi connectivity index (χ4n) is 4.37. The van der Waals surface area contributed by atoms with Crippen LogP contribution < -0.4 is 0 Å². The summed E-state index contributed by atoms with van der Waals surface area (Å²) in [6.45, 7) is 31.8. The van der Waals surface area contributed by atoms with Gasteiger partial charge in [-0.1, -0.05) is 29.4 Å². The Bertz CT molecular complexity index is 1780. The number of carbonyl (C=O) groups excluding carboxylic acids is 4. The first-order chi connectivity index (χ1) is 35.4. The Labute approximate surface area is 452 Å². The largest absolute Gasteiger partial charge is 0.460 e. The summed E-state index contributed by atoms with van der Waals surface area (Å²) >= 11 is 0. The molecule has 0 aliphatic carbocycles. The number of benzene rings is 1. The van der Waals surface area contributed by atoms with Crippen molar-refractivity contribution >= 4 is 34.0 Å². The van der Waals surface area contributed by atoms with E-state index in [0.29, 0.717) is 79.2 Å². The average Bonchev–Trinajstić information content (AvgIpc) is 3.29. The lowest BCUT2D eigenvalue weighted by Gasteiger charge is -2.19. The van der Waals surface area contributed by atoms with Gasteiger partial charge in [-0.05, 0) is 108 Å². The molecule has 0 saturated heterocycles. The van der Waals surface area contributed by atoms with Gasteiger partial charge in [0.15, 0.2) is 0 Å². The number of azide groups is 1. The van der Waals surface area contributed by atoms with Gasteiger partial charge in [-0.25, -0.2) is 4.79 Å². The van der Waals surface area contributed by atoms with Crippen LogP contribution in [-0.4, -0.2) is 195 Å². The zero-order chi connectivity index (χ0) is 59.0. The van der Waals surface area contributed by atoms with Gasteiger partial charge in [-0.2, -0.15) is 8.42 Å². The Morgan fingerprint density at radius 3 is 1.12 bits per heavy atom. The number of aliphatic hydroxyl groups is 3. The van der Waals surface area contributed by atoms with Crippen LogP contribution in [0.5, 0.6) is 0 Å². The maximum atomic E-state index is 11.9. The number of hydrogen-bond donors (Lipinski definition) is 3. The first-order valence-electron chi connectivity index (χ1n) is 24.7. The summed E-state index contributed by atoms with van der Waals surface area (Å²) in [6, 6.07) is 6.43. The third-order valence-electron chi connectivity index (χ3n) is 7.18. The molecule has 444 valence electrons. The van der Waals surface area contributed by atoms with Gasteiger partial charge in [0.25, 0.3) is 10.1 Å². The Kier molecular flexibility index (Phi) is 49.2. The van der Waals surface area contributed by atoms with Gasteiger partial charge in [-0.15, -0.1) is 0 Å². The van der Waals surface area contributed by atoms with Crippen LogP contribution in [-0.2, 0) is 85.6 Å². The van der Waals surface area contributed by atoms with Crippen molar-refractivity contribution < 1.29 is 99.2 Å². The van der Waals surface area contributed by atoms with Gasteiger partial charge in [0.2, 0.25) is 0 Å². The summed E-state index contributed by atoms with van der Waals surface area (Å²) in [5, 5.41) is 27.9. The average molecular weight is 1120 g/mol. The molecule has 0 spiro atoms. The fraction of sp³-hybridized carbons (Fsp3) is 0.765. The number of hydrogen-bond acceptors (Lipinski definition) is 22. The predicted molar refractivity (Wildman–Crippen MR) is 283 cm³/mol. The molecule has 24 nitrogen and oxygen atoms in total. The zero-order valence-corrected chi connectivity index (χ0v) is 48.4. The highest BCUT2D eigenvalue weighted by Crippen LogP contribution is 2.14. The topological polar surface area (TPSA) is 323 Å². The first kappa shape index (κ1) is 78.2. The number of aryl methyl sites for hydroxylation is 1. The summed E-state index contributed by atoms with van der Waals surface area (Å²) in [5.74, 6) is -1.22. The summed E-state index contributed by atoms with van der Waals surface area (Å²) in [6.07, 6.45) is 1.81. The van der Waals surface area contributed by atoms with Crippen molar-refractivity contribution in [3.05, 3.63) is 52.9 Å². The van der Waals surface area contributed by atoms with Gasteiger partial charge in [-0.3, -0.25) is 18.6 Å². The van der Waals surface area contributed by atoms with E-state index < -0.39 is 32.5 Å². The minimum Gasteiger partial charge on any atom is -0.460 e. The molecular formula is C51H93N3O21S. The summed E-state index contributed by atoms with van der Waals surface area (Å²) in [5.41, 5.74) is 7.18. The maximum Gasteiger partial charge on any atom is 0.330 e. The van der Waals surface area contributed by atoms with Crippen molar-refractivity contribution in [1.82, 2.24) is 0 Å². The molecule has 0 saturated carbocycles. The van der Waals surface area contributed by atoms with E-state index in [1.54, 1.807) is 32.9 Å². The van der Waals surface area contributed by atoms with E-state index in [0.717, 1.165) is 11.6 Å². The van der Waals surface area contributed by atoms with Crippen LogP contribution in [0.15, 0.2) is 46.9 Å². The molecular weight excluding hydrogens is 1020 g/mol. The van der Waals surface area contributed by atoms with Crippen LogP contribution in [0, 0.1) is 6.92 Å². The Balaban J connectivity index is -0.000000457. The van der Waals surface area contributed by atoms with Crippen molar-refractivity contribution in [3.63, 3.8) is 0 Å². The minimum atomic E-state index is -3.77. The van der Waals surface area contributed by atoms with Gasteiger partial charge in [0, 0.05) is 17.5 Å². The molecule has 1 aromatic carbocycles. The monoisotopic (exact) mass is 1120 g/mol. The number of esters is 4. The molecule has 0 bridgehead atoms. The highest BCUT2D eigenvalue weighted by atomic mass is 32.2. The van der Waals surface area contributed by atoms with Crippen LogP contribution in [0.3, 0.4) is 0 Å². The quantitative estimate of drug-likeness (QED) is 0.0110. The van der Waals surface area contributed by atoms with Gasteiger partial charge >= 0.3 is 23.9 Å². The maximum absolute atomic E-state index is 11.9. The Morgan fingerprint density at radius 1 is 0.513 bits per heavy atom. The van der Waals surface area contributed by atoms with E-state index in [4.69, 9.17) is 72.4 Å². The second kappa shape index (κ2) is 47.8. The lowest BCUT2D eigenvalue weighted by atomic mass is 10.2. The summed E-state index contributed by atoms with van der Waals surface area (Å²) in [7, 11) is -3.77. The number of nitrogens with zero attached hydrogens (tertiary/aromatic N) is 3. The number of rotatable bonds is 33. The van der Waals surface area contributed by atoms with Gasteiger partial charge in [0.05, 0.1) is 143 Å². The Hall–Kier alpha value is -4.34. The van der Waals surface area contributed by atoms with E-state index in [-0.39, 0.29) is 94.3 Å². The standard InChI is InChI=1S/C18H28O7S.C11H21N3O4.C11H22O5.C7H12O2.C4H10O3/c1-15-5-7-16(8-6-15)26(20,21)24-14-13-23-12-11-22-10-9-17(19)25-18(2,3)4;1-11(2,3)18-10(15)4-6-16-8-9-17-7-5-13-14-12;1-11(2,3)16-10(13)4-6-14-8-9-15-7-5-12;1-5-6(8)9-7(2,3)4;5-1-3-7-4-2-6/h5-8H,9-14H2,1-4H3;4-9H2,1-3H3;12H,4-9H2,1-3H3;5H,1H2,2-4H3;5-6H,1-4H2. The minimum absolute atomic E-state index is 0.0118. The van der Waals surface area contributed by atoms with E-state index >= 15 is 0 Å². The highest BCUT2D eigenvalue weighted by molar-refractivity contribution is 7.86. The predicted octanol–water partition coefficient (Wildman–Crippen LogP) is 5.77. The van der Waals surface area contributed by atoms with Crippen molar-refractivity contribution in [1.29, 1.82) is 0 Å². The lowest BCUT2D eigenvalue weighted by molar-refractivity contribution is -0.157. The van der Waals surface area contributed by atoms with Crippen LogP contribution in [0.4, 0.5) is 0 Å². The van der Waals surface area contributed by atoms with Crippen LogP contribution >= 0.6 is 0 Å². The van der Waals surface area contributed by atoms with E-state index in [9.17, 15) is 27.6 Å². The molecule has 0 aliphatic heterocycles. The third-order valence-corrected chi connectivity index (χ3v) is 8.51. The van der Waals surface area contributed by atoms with E-state index in [2.05, 4.69) is 21.3 Å². The molecule has 0 heterocycles. The molecule has 0 unspecified atom stereocenters. The molecule has 0 fully saturated rings. The molecule has 0 aromatic heterocycles. The molecule has 0 radical (unpaired) electrons. The highest BCUT2D eigenvalue weighted by Gasteiger charge is 2.18. The zero-order valence-electron chi connectivity index (χ0n) is 47.6. The molecule has 0 atom stereocenters. The molecule has 1 aromatic rings. The van der Waals surface area contributed by atoms with Crippen molar-refractivity contribution in [2.24, 2.45) is 5.11 Å². The van der Waals surface area contributed by atoms with Crippen molar-refractivity contribution in [2.45, 2.75) is 137 Å². The Morgan fingerprint density at radius 2 is 0.816 bits per heavy atom. The first-order valence-corrected chi connectivity index (χ1v) is 26.1. The van der Waals surface area contributed by atoms with Gasteiger partial charge in [0.1, 0.15) is 22.4 Å². The molecule has 3 N–H and O–H groups in total. The normalized spacial score (nSPS) is 11.3. The van der Waals surface area contributed by atoms with Crippen molar-refractivity contribution in [2.75, 3.05) is 125 Å².